The van der Waals surface area contributed by atoms with Crippen molar-refractivity contribution in [3.8, 4) is 0 Å². The minimum absolute atomic E-state index is 0.00994. The molecular weight excluding hydrogens is 396 g/mol. The summed E-state index contributed by atoms with van der Waals surface area (Å²) in [6, 6.07) is 6.72. The van der Waals surface area contributed by atoms with Gasteiger partial charge in [-0.2, -0.15) is 0 Å². The van der Waals surface area contributed by atoms with E-state index < -0.39 is 21.3 Å². The maximum absolute atomic E-state index is 13.2. The van der Waals surface area contributed by atoms with Crippen molar-refractivity contribution in [1.82, 2.24) is 10.6 Å². The van der Waals surface area contributed by atoms with Crippen LogP contribution in [0.5, 0.6) is 0 Å². The molecule has 2 saturated heterocycles. The minimum Gasteiger partial charge on any atom is -0.451 e. The number of carbonyl (C=O) groups excluding carboxylic acids is 2. The molecule has 1 unspecified atom stereocenters. The molecule has 2 aromatic rings. The highest BCUT2D eigenvalue weighted by Gasteiger charge is 2.45. The molecule has 2 aliphatic heterocycles. The third-order valence-corrected chi connectivity index (χ3v) is 6.53. The van der Waals surface area contributed by atoms with Gasteiger partial charge in [0.2, 0.25) is 5.91 Å². The van der Waals surface area contributed by atoms with E-state index in [0.29, 0.717) is 55.4 Å². The molecule has 9 heteroatoms. The van der Waals surface area contributed by atoms with Gasteiger partial charge in [0.25, 0.3) is 5.91 Å². The zero-order valence-corrected chi connectivity index (χ0v) is 17.0. The van der Waals surface area contributed by atoms with E-state index in [1.807, 2.05) is 0 Å². The predicted octanol–water partition coefficient (Wildman–Crippen LogP) is 1.54. The van der Waals surface area contributed by atoms with Crippen LogP contribution in [0.2, 0.25) is 0 Å². The second kappa shape index (κ2) is 7.46. The molecular formula is C20H24N2O6S. The molecule has 8 nitrogen and oxygen atoms in total. The first kappa shape index (κ1) is 19.9. The summed E-state index contributed by atoms with van der Waals surface area (Å²) in [5.41, 5.74) is 0.280. The lowest BCUT2D eigenvalue weighted by Gasteiger charge is -2.46. The number of para-hydroxylation sites is 1. The summed E-state index contributed by atoms with van der Waals surface area (Å²) in [5, 5.41) is 6.68. The van der Waals surface area contributed by atoms with Crippen LogP contribution in [0.15, 0.2) is 28.7 Å². The third kappa shape index (κ3) is 4.02. The van der Waals surface area contributed by atoms with E-state index in [-0.39, 0.29) is 23.5 Å². The third-order valence-electron chi connectivity index (χ3n) is 5.72. The Morgan fingerprint density at radius 2 is 2.00 bits per heavy atom. The summed E-state index contributed by atoms with van der Waals surface area (Å²) in [7, 11) is -3.38. The number of fused-ring (bicyclic) bond motifs is 1. The minimum atomic E-state index is -3.38. The van der Waals surface area contributed by atoms with Gasteiger partial charge < -0.3 is 19.8 Å². The Labute approximate surface area is 168 Å². The van der Waals surface area contributed by atoms with Gasteiger partial charge in [0.15, 0.2) is 15.6 Å². The first-order valence-electron chi connectivity index (χ1n) is 9.65. The Morgan fingerprint density at radius 1 is 1.28 bits per heavy atom. The van der Waals surface area contributed by atoms with Crippen molar-refractivity contribution in [2.75, 3.05) is 19.5 Å². The predicted molar refractivity (Wildman–Crippen MR) is 106 cm³/mol. The second-order valence-electron chi connectivity index (χ2n) is 7.86. The summed E-state index contributed by atoms with van der Waals surface area (Å²) in [6.45, 7) is 1.02. The van der Waals surface area contributed by atoms with Crippen LogP contribution in [0.4, 0.5) is 0 Å². The standard InChI is InChI=1S/C20H24N2O6S/c1-29(25,26)12-14-13-4-2-3-5-15(13)28-18(14)19(24)21-16-6-7-17(23)22-20(16)8-10-27-11-9-20/h2-5,16H,6-12H2,1H3,(H,21,24)(H,22,23). The highest BCUT2D eigenvalue weighted by molar-refractivity contribution is 7.89. The van der Waals surface area contributed by atoms with Crippen LogP contribution in [0, 0.1) is 0 Å². The number of hydrogen-bond donors (Lipinski definition) is 2. The topological polar surface area (TPSA) is 115 Å². The van der Waals surface area contributed by atoms with Gasteiger partial charge in [-0.25, -0.2) is 8.42 Å². The fourth-order valence-electron chi connectivity index (χ4n) is 4.31. The summed E-state index contributed by atoms with van der Waals surface area (Å²) < 4.78 is 35.1. The van der Waals surface area contributed by atoms with Crippen LogP contribution in [0.1, 0.15) is 41.8 Å². The molecule has 0 bridgehead atoms. The van der Waals surface area contributed by atoms with Crippen LogP contribution < -0.4 is 10.6 Å². The number of nitrogens with one attached hydrogen (secondary N) is 2. The first-order valence-corrected chi connectivity index (χ1v) is 11.7. The van der Waals surface area contributed by atoms with E-state index in [4.69, 9.17) is 9.15 Å². The number of rotatable bonds is 4. The number of sulfone groups is 1. The monoisotopic (exact) mass is 420 g/mol. The lowest BCUT2D eigenvalue weighted by Crippen LogP contribution is -2.67. The highest BCUT2D eigenvalue weighted by atomic mass is 32.2. The molecule has 1 aromatic heterocycles. The number of hydrogen-bond acceptors (Lipinski definition) is 6. The van der Waals surface area contributed by atoms with Gasteiger partial charge in [-0.05, 0) is 25.3 Å². The van der Waals surface area contributed by atoms with Crippen LogP contribution in [-0.2, 0) is 25.1 Å². The zero-order valence-electron chi connectivity index (χ0n) is 16.2. The molecule has 0 aliphatic carbocycles. The Bertz CT molecular complexity index is 1050. The molecule has 3 heterocycles. The number of furan rings is 1. The number of benzene rings is 1. The van der Waals surface area contributed by atoms with Crippen LogP contribution in [-0.4, -0.2) is 51.3 Å². The van der Waals surface area contributed by atoms with E-state index in [1.54, 1.807) is 24.3 Å². The number of piperidine rings is 1. The SMILES string of the molecule is CS(=O)(=O)Cc1c(C(=O)NC2CCC(=O)NC23CCOCC3)oc2ccccc12. The van der Waals surface area contributed by atoms with Crippen molar-refractivity contribution in [3.63, 3.8) is 0 Å². The number of amides is 2. The van der Waals surface area contributed by atoms with E-state index in [1.165, 1.54) is 0 Å². The Balaban J connectivity index is 1.66. The molecule has 2 fully saturated rings. The second-order valence-corrected chi connectivity index (χ2v) is 10.00. The van der Waals surface area contributed by atoms with Crippen LogP contribution in [0.25, 0.3) is 11.0 Å². The van der Waals surface area contributed by atoms with Gasteiger partial charge in [0.1, 0.15) is 5.58 Å². The van der Waals surface area contributed by atoms with Crippen molar-refractivity contribution in [2.24, 2.45) is 0 Å². The maximum atomic E-state index is 13.2. The lowest BCUT2D eigenvalue weighted by atomic mass is 9.77. The Hall–Kier alpha value is -2.39. The smallest absolute Gasteiger partial charge is 0.287 e. The van der Waals surface area contributed by atoms with Crippen LogP contribution >= 0.6 is 0 Å². The summed E-state index contributed by atoms with van der Waals surface area (Å²) >= 11 is 0. The van der Waals surface area contributed by atoms with Crippen molar-refractivity contribution in [3.05, 3.63) is 35.6 Å². The average molecular weight is 420 g/mol. The van der Waals surface area contributed by atoms with E-state index in [0.717, 1.165) is 6.26 Å². The molecule has 0 radical (unpaired) electrons. The van der Waals surface area contributed by atoms with Crippen molar-refractivity contribution in [2.45, 2.75) is 43.0 Å². The molecule has 1 spiro atoms. The summed E-state index contributed by atoms with van der Waals surface area (Å²) in [6.07, 6.45) is 3.19. The fraction of sp³-hybridized carbons (Fsp3) is 0.500. The molecule has 1 atom stereocenters. The summed E-state index contributed by atoms with van der Waals surface area (Å²) in [4.78, 5) is 25.2. The molecule has 156 valence electrons. The number of ether oxygens (including phenoxy) is 1. The molecule has 1 aromatic carbocycles. The fourth-order valence-corrected chi connectivity index (χ4v) is 5.12. The molecule has 2 aliphatic rings. The number of carbonyl (C=O) groups is 2. The van der Waals surface area contributed by atoms with Gasteiger partial charge in [-0.1, -0.05) is 18.2 Å². The summed E-state index contributed by atoms with van der Waals surface area (Å²) in [5.74, 6) is -0.769. The molecule has 29 heavy (non-hydrogen) atoms. The van der Waals surface area contributed by atoms with E-state index >= 15 is 0 Å². The van der Waals surface area contributed by atoms with E-state index in [9.17, 15) is 18.0 Å². The van der Waals surface area contributed by atoms with Crippen molar-refractivity contribution < 1.29 is 27.2 Å². The van der Waals surface area contributed by atoms with Gasteiger partial charge in [0, 0.05) is 36.8 Å². The Morgan fingerprint density at radius 3 is 2.72 bits per heavy atom. The molecule has 2 amide bonds. The lowest BCUT2D eigenvalue weighted by molar-refractivity contribution is -0.128. The van der Waals surface area contributed by atoms with Gasteiger partial charge in [-0.15, -0.1) is 0 Å². The van der Waals surface area contributed by atoms with Gasteiger partial charge in [-0.3, -0.25) is 9.59 Å². The molecule has 0 saturated carbocycles. The quantitative estimate of drug-likeness (QED) is 0.775. The van der Waals surface area contributed by atoms with Crippen molar-refractivity contribution in [1.29, 1.82) is 0 Å². The first-order chi connectivity index (χ1) is 13.8. The molecule has 4 rings (SSSR count). The van der Waals surface area contributed by atoms with E-state index in [2.05, 4.69) is 10.6 Å². The highest BCUT2D eigenvalue weighted by Crippen LogP contribution is 2.32. The van der Waals surface area contributed by atoms with Crippen LogP contribution in [0.3, 0.4) is 0 Å². The van der Waals surface area contributed by atoms with Gasteiger partial charge in [0.05, 0.1) is 17.3 Å². The Kier molecular flexibility index (Phi) is 5.12. The van der Waals surface area contributed by atoms with Crippen molar-refractivity contribution >= 4 is 32.6 Å². The average Bonchev–Trinajstić information content (AvgIpc) is 3.02. The molecule has 2 N–H and O–H groups in total. The zero-order chi connectivity index (χ0) is 20.6. The maximum Gasteiger partial charge on any atom is 0.287 e. The normalized spacial score (nSPS) is 21.8. The largest absolute Gasteiger partial charge is 0.451 e. The van der Waals surface area contributed by atoms with Gasteiger partial charge >= 0.3 is 0 Å².